The molecule has 1 aromatic carbocycles. The molecule has 0 aromatic heterocycles. The molecule has 1 rings (SSSR count). The van der Waals surface area contributed by atoms with Crippen molar-refractivity contribution < 1.29 is 15.0 Å². The Balaban J connectivity index is 3.21. The molecule has 0 aliphatic rings. The molecule has 4 heteroatoms. The van der Waals surface area contributed by atoms with E-state index in [0.717, 1.165) is 0 Å². The van der Waals surface area contributed by atoms with Crippen LogP contribution in [0.2, 0.25) is 0 Å². The number of aliphatic hydroxyl groups excluding tert-OH is 1. The molecule has 0 atom stereocenters. The zero-order valence-corrected chi connectivity index (χ0v) is 7.27. The molecule has 0 radical (unpaired) electrons. The van der Waals surface area contributed by atoms with Gasteiger partial charge in [0.15, 0.2) is 0 Å². The van der Waals surface area contributed by atoms with Crippen LogP contribution in [-0.4, -0.2) is 22.4 Å². The standard InChI is InChI=1S/C10H9NO3/c11-6-8(10(13)14)9(12)7-4-2-1-3-5-7/h1-6,11-12H,(H,13,14)/b9-8+,11-6?. The molecular formula is C10H9NO3. The quantitative estimate of drug-likeness (QED) is 0.386. The summed E-state index contributed by atoms with van der Waals surface area (Å²) in [4.78, 5) is 10.6. The lowest BCUT2D eigenvalue weighted by Gasteiger charge is -2.01. The number of aliphatic hydroxyl groups is 1. The van der Waals surface area contributed by atoms with Crippen LogP contribution in [0.4, 0.5) is 0 Å². The highest BCUT2D eigenvalue weighted by Gasteiger charge is 2.12. The molecule has 0 unspecified atom stereocenters. The van der Waals surface area contributed by atoms with Gasteiger partial charge in [-0.05, 0) is 0 Å². The van der Waals surface area contributed by atoms with Gasteiger partial charge in [0.1, 0.15) is 11.3 Å². The molecule has 72 valence electrons. The van der Waals surface area contributed by atoms with E-state index >= 15 is 0 Å². The molecule has 0 fully saturated rings. The van der Waals surface area contributed by atoms with Gasteiger partial charge in [0.05, 0.1) is 0 Å². The Morgan fingerprint density at radius 1 is 1.21 bits per heavy atom. The van der Waals surface area contributed by atoms with Crippen LogP contribution in [0.5, 0.6) is 0 Å². The minimum absolute atomic E-state index is 0.383. The van der Waals surface area contributed by atoms with E-state index in [9.17, 15) is 9.90 Å². The van der Waals surface area contributed by atoms with Crippen molar-refractivity contribution in [3.05, 3.63) is 41.5 Å². The maximum atomic E-state index is 10.6. The Hall–Kier alpha value is -2.10. The summed E-state index contributed by atoms with van der Waals surface area (Å²) >= 11 is 0. The Kier molecular flexibility index (Phi) is 3.01. The summed E-state index contributed by atoms with van der Waals surface area (Å²) in [5.41, 5.74) is -0.0374. The number of carboxylic acid groups (broad SMARTS) is 1. The number of nitrogens with one attached hydrogen (secondary N) is 1. The second-order valence-electron chi connectivity index (χ2n) is 2.58. The van der Waals surface area contributed by atoms with Crippen molar-refractivity contribution in [2.75, 3.05) is 0 Å². The van der Waals surface area contributed by atoms with Crippen molar-refractivity contribution >= 4 is 17.9 Å². The molecule has 0 heterocycles. The van der Waals surface area contributed by atoms with E-state index in [4.69, 9.17) is 10.5 Å². The van der Waals surface area contributed by atoms with Crippen molar-refractivity contribution in [1.29, 1.82) is 5.41 Å². The highest BCUT2D eigenvalue weighted by molar-refractivity contribution is 6.13. The molecule has 3 N–H and O–H groups in total. The van der Waals surface area contributed by atoms with E-state index in [0.29, 0.717) is 11.8 Å². The lowest BCUT2D eigenvalue weighted by molar-refractivity contribution is -0.132. The Morgan fingerprint density at radius 3 is 2.21 bits per heavy atom. The van der Waals surface area contributed by atoms with Gasteiger partial charge in [0.2, 0.25) is 0 Å². The fraction of sp³-hybridized carbons (Fsp3) is 0. The number of carboxylic acids is 1. The second kappa shape index (κ2) is 4.23. The van der Waals surface area contributed by atoms with Crippen LogP contribution in [0.1, 0.15) is 5.56 Å². The molecule has 1 aromatic rings. The summed E-state index contributed by atoms with van der Waals surface area (Å²) in [7, 11) is 0. The van der Waals surface area contributed by atoms with E-state index in [-0.39, 0.29) is 0 Å². The highest BCUT2D eigenvalue weighted by Crippen LogP contribution is 2.14. The van der Waals surface area contributed by atoms with Gasteiger partial charge in [-0.15, -0.1) is 0 Å². The van der Waals surface area contributed by atoms with Gasteiger partial charge >= 0.3 is 5.97 Å². The first-order valence-corrected chi connectivity index (χ1v) is 3.89. The molecule has 0 amide bonds. The van der Waals surface area contributed by atoms with E-state index in [1.807, 2.05) is 0 Å². The summed E-state index contributed by atoms with van der Waals surface area (Å²) in [6.45, 7) is 0. The van der Waals surface area contributed by atoms with Gasteiger partial charge in [-0.25, -0.2) is 4.79 Å². The first-order chi connectivity index (χ1) is 6.66. The number of carbonyl (C=O) groups is 1. The lowest BCUT2D eigenvalue weighted by Crippen LogP contribution is -2.04. The number of hydrogen-bond acceptors (Lipinski definition) is 3. The summed E-state index contributed by atoms with van der Waals surface area (Å²) < 4.78 is 0. The van der Waals surface area contributed by atoms with Gasteiger partial charge in [0.25, 0.3) is 0 Å². The average Bonchev–Trinajstić information content (AvgIpc) is 2.19. The summed E-state index contributed by atoms with van der Waals surface area (Å²) in [6.07, 6.45) is 0.616. The third-order valence-corrected chi connectivity index (χ3v) is 1.68. The zero-order valence-electron chi connectivity index (χ0n) is 7.27. The smallest absolute Gasteiger partial charge is 0.341 e. The number of benzene rings is 1. The van der Waals surface area contributed by atoms with Crippen LogP contribution in [0.25, 0.3) is 5.76 Å². The molecule has 4 nitrogen and oxygen atoms in total. The molecule has 14 heavy (non-hydrogen) atoms. The third-order valence-electron chi connectivity index (χ3n) is 1.68. The fourth-order valence-electron chi connectivity index (χ4n) is 0.983. The predicted octanol–water partition coefficient (Wildman–Crippen LogP) is 1.69. The van der Waals surface area contributed by atoms with Crippen LogP contribution in [0.15, 0.2) is 35.9 Å². The summed E-state index contributed by atoms with van der Waals surface area (Å²) in [6, 6.07) is 8.25. The van der Waals surface area contributed by atoms with Gasteiger partial charge in [0, 0.05) is 11.8 Å². The molecule has 0 spiro atoms. The minimum atomic E-state index is -1.32. The van der Waals surface area contributed by atoms with Crippen molar-refractivity contribution in [3.8, 4) is 0 Å². The van der Waals surface area contributed by atoms with Crippen LogP contribution in [0.3, 0.4) is 0 Å². The minimum Gasteiger partial charge on any atom is -0.506 e. The maximum Gasteiger partial charge on any atom is 0.341 e. The largest absolute Gasteiger partial charge is 0.506 e. The van der Waals surface area contributed by atoms with Crippen LogP contribution in [-0.2, 0) is 4.79 Å². The van der Waals surface area contributed by atoms with Gasteiger partial charge in [-0.1, -0.05) is 30.3 Å². The zero-order chi connectivity index (χ0) is 10.6. The lowest BCUT2D eigenvalue weighted by atomic mass is 10.1. The van der Waals surface area contributed by atoms with Crippen molar-refractivity contribution in [2.24, 2.45) is 0 Å². The van der Waals surface area contributed by atoms with E-state index < -0.39 is 17.3 Å². The SMILES string of the molecule is N=C/C(C(=O)O)=C(\O)c1ccccc1. The normalized spacial score (nSPS) is 11.7. The number of hydrogen-bond donors (Lipinski definition) is 3. The topological polar surface area (TPSA) is 81.4 Å². The van der Waals surface area contributed by atoms with Gasteiger partial charge in [-0.2, -0.15) is 0 Å². The molecule has 0 bridgehead atoms. The molecule has 0 saturated carbocycles. The molecule has 0 aliphatic carbocycles. The second-order valence-corrected chi connectivity index (χ2v) is 2.58. The van der Waals surface area contributed by atoms with Crippen molar-refractivity contribution in [3.63, 3.8) is 0 Å². The first kappa shape index (κ1) is 9.98. The predicted molar refractivity (Wildman–Crippen MR) is 52.4 cm³/mol. The first-order valence-electron chi connectivity index (χ1n) is 3.89. The molecular weight excluding hydrogens is 182 g/mol. The van der Waals surface area contributed by atoms with E-state index in [2.05, 4.69) is 0 Å². The Labute approximate surface area is 80.6 Å². The molecule has 0 saturated heterocycles. The summed E-state index contributed by atoms with van der Waals surface area (Å²) in [5.74, 6) is -1.71. The Bertz CT molecular complexity index is 382. The van der Waals surface area contributed by atoms with Gasteiger partial charge < -0.3 is 15.6 Å². The van der Waals surface area contributed by atoms with Crippen LogP contribution in [0, 0.1) is 5.41 Å². The monoisotopic (exact) mass is 191 g/mol. The highest BCUT2D eigenvalue weighted by atomic mass is 16.4. The molecule has 0 aliphatic heterocycles. The van der Waals surface area contributed by atoms with E-state index in [1.165, 1.54) is 0 Å². The maximum absolute atomic E-state index is 10.6. The third kappa shape index (κ3) is 1.98. The van der Waals surface area contributed by atoms with E-state index in [1.54, 1.807) is 30.3 Å². The van der Waals surface area contributed by atoms with Gasteiger partial charge in [-0.3, -0.25) is 0 Å². The summed E-state index contributed by atoms with van der Waals surface area (Å²) in [5, 5.41) is 25.0. The Morgan fingerprint density at radius 2 is 1.79 bits per heavy atom. The van der Waals surface area contributed by atoms with Crippen molar-refractivity contribution in [2.45, 2.75) is 0 Å². The fourth-order valence-corrected chi connectivity index (χ4v) is 0.983. The number of rotatable bonds is 3. The van der Waals surface area contributed by atoms with Crippen LogP contribution >= 0.6 is 0 Å². The average molecular weight is 191 g/mol. The van der Waals surface area contributed by atoms with Crippen LogP contribution < -0.4 is 0 Å². The van der Waals surface area contributed by atoms with Crippen molar-refractivity contribution in [1.82, 2.24) is 0 Å². The number of aliphatic carboxylic acids is 1.